The first-order valence-electron chi connectivity index (χ1n) is 10.8. The first-order chi connectivity index (χ1) is 15.0. The molecule has 0 saturated heterocycles. The zero-order chi connectivity index (χ0) is 21.5. The lowest BCUT2D eigenvalue weighted by Crippen LogP contribution is -2.27. The van der Waals surface area contributed by atoms with Crippen molar-refractivity contribution in [2.24, 2.45) is 0 Å². The number of nitrogens with zero attached hydrogens (tertiary/aromatic N) is 4. The molecule has 156 valence electrons. The average Bonchev–Trinajstić information content (AvgIpc) is 3.61. The van der Waals surface area contributed by atoms with E-state index in [4.69, 9.17) is 10.1 Å². The predicted octanol–water partition coefficient (Wildman–Crippen LogP) is 5.19. The number of para-hydroxylation sites is 2. The highest BCUT2D eigenvalue weighted by atomic mass is 16.2. The van der Waals surface area contributed by atoms with Crippen LogP contribution >= 0.6 is 0 Å². The number of amides is 1. The van der Waals surface area contributed by atoms with Crippen molar-refractivity contribution in [1.82, 2.24) is 19.7 Å². The van der Waals surface area contributed by atoms with Crippen molar-refractivity contribution in [3.63, 3.8) is 0 Å². The molecule has 0 atom stereocenters. The van der Waals surface area contributed by atoms with E-state index in [1.165, 1.54) is 0 Å². The van der Waals surface area contributed by atoms with Crippen LogP contribution in [-0.4, -0.2) is 32.6 Å². The molecule has 2 aromatic heterocycles. The molecule has 2 aromatic carbocycles. The highest BCUT2D eigenvalue weighted by molar-refractivity contribution is 6.06. The Hall–Kier alpha value is -3.47. The maximum Gasteiger partial charge on any atom is 0.254 e. The van der Waals surface area contributed by atoms with Gasteiger partial charge in [-0.3, -0.25) is 9.78 Å². The van der Waals surface area contributed by atoms with Crippen LogP contribution in [0.3, 0.4) is 0 Å². The van der Waals surface area contributed by atoms with E-state index >= 15 is 0 Å². The average molecular weight is 411 g/mol. The maximum atomic E-state index is 13.5. The first kappa shape index (κ1) is 19.5. The van der Waals surface area contributed by atoms with Crippen molar-refractivity contribution in [3.05, 3.63) is 88.9 Å². The summed E-state index contributed by atoms with van der Waals surface area (Å²) in [6.45, 7) is 4.58. The molecule has 0 spiro atoms. The Morgan fingerprint density at radius 1 is 1.06 bits per heavy atom. The van der Waals surface area contributed by atoms with Gasteiger partial charge in [0, 0.05) is 41.8 Å². The molecular formula is C26H26N4O. The molecule has 5 rings (SSSR count). The van der Waals surface area contributed by atoms with Crippen LogP contribution in [0.25, 0.3) is 16.6 Å². The summed E-state index contributed by atoms with van der Waals surface area (Å²) in [5.41, 5.74) is 6.78. The third-order valence-electron chi connectivity index (χ3n) is 6.15. The quantitative estimate of drug-likeness (QED) is 0.455. The van der Waals surface area contributed by atoms with E-state index in [0.717, 1.165) is 57.6 Å². The molecule has 4 aromatic rings. The fourth-order valence-corrected chi connectivity index (χ4v) is 4.20. The Balaban J connectivity index is 1.48. The Morgan fingerprint density at radius 2 is 1.77 bits per heavy atom. The molecule has 31 heavy (non-hydrogen) atoms. The predicted molar refractivity (Wildman–Crippen MR) is 123 cm³/mol. The largest absolute Gasteiger partial charge is 0.337 e. The van der Waals surface area contributed by atoms with Gasteiger partial charge in [0.1, 0.15) is 0 Å². The minimum absolute atomic E-state index is 0.0201. The van der Waals surface area contributed by atoms with Crippen LogP contribution in [0.5, 0.6) is 0 Å². The summed E-state index contributed by atoms with van der Waals surface area (Å²) in [5.74, 6) is 0.516. The molecule has 1 fully saturated rings. The van der Waals surface area contributed by atoms with E-state index < -0.39 is 0 Å². The van der Waals surface area contributed by atoms with Crippen molar-refractivity contribution < 1.29 is 4.79 Å². The molecule has 0 unspecified atom stereocenters. The fraction of sp³-hybridized carbons (Fsp3) is 0.269. The number of hydrogen-bond acceptors (Lipinski definition) is 3. The summed E-state index contributed by atoms with van der Waals surface area (Å²) >= 11 is 0. The van der Waals surface area contributed by atoms with Crippen LogP contribution in [0, 0.1) is 13.8 Å². The standard InChI is InChI=1S/C26H26N4O/c1-17-23(18(2)30(28-17)20-9-5-4-6-10-20)16-29(3)26(31)22-15-25(19-13-14-19)27-24-12-8-7-11-21(22)24/h4-12,15,19H,13-14,16H2,1-3H3. The van der Waals surface area contributed by atoms with Gasteiger partial charge in [-0.25, -0.2) is 4.68 Å². The van der Waals surface area contributed by atoms with Crippen LogP contribution in [0.15, 0.2) is 60.7 Å². The van der Waals surface area contributed by atoms with Gasteiger partial charge in [-0.2, -0.15) is 5.10 Å². The molecule has 0 bridgehead atoms. The molecule has 1 aliphatic rings. The number of carbonyl (C=O) groups is 1. The van der Waals surface area contributed by atoms with Crippen LogP contribution in [-0.2, 0) is 6.54 Å². The van der Waals surface area contributed by atoms with Gasteiger partial charge >= 0.3 is 0 Å². The highest BCUT2D eigenvalue weighted by Crippen LogP contribution is 2.40. The number of carbonyl (C=O) groups excluding carboxylic acids is 1. The van der Waals surface area contributed by atoms with Crippen molar-refractivity contribution in [2.45, 2.75) is 39.2 Å². The monoisotopic (exact) mass is 410 g/mol. The second kappa shape index (κ2) is 7.65. The number of aryl methyl sites for hydroxylation is 1. The number of pyridine rings is 1. The van der Waals surface area contributed by atoms with Crippen LogP contribution in [0.2, 0.25) is 0 Å². The van der Waals surface area contributed by atoms with Gasteiger partial charge < -0.3 is 4.90 Å². The van der Waals surface area contributed by atoms with Gasteiger partial charge in [-0.05, 0) is 51.0 Å². The highest BCUT2D eigenvalue weighted by Gasteiger charge is 2.28. The van der Waals surface area contributed by atoms with Gasteiger partial charge in [0.15, 0.2) is 0 Å². The van der Waals surface area contributed by atoms with E-state index in [1.54, 1.807) is 4.90 Å². The third kappa shape index (κ3) is 3.61. The van der Waals surface area contributed by atoms with Crippen LogP contribution in [0.1, 0.15) is 51.8 Å². The summed E-state index contributed by atoms with van der Waals surface area (Å²) in [5, 5.41) is 5.64. The molecule has 1 saturated carbocycles. The molecular weight excluding hydrogens is 384 g/mol. The van der Waals surface area contributed by atoms with E-state index in [2.05, 4.69) is 6.92 Å². The molecule has 5 nitrogen and oxygen atoms in total. The van der Waals surface area contributed by atoms with E-state index in [-0.39, 0.29) is 5.91 Å². The SMILES string of the molecule is Cc1nn(-c2ccccc2)c(C)c1CN(C)C(=O)c1cc(C2CC2)nc2ccccc12. The number of hydrogen-bond donors (Lipinski definition) is 0. The zero-order valence-corrected chi connectivity index (χ0v) is 18.2. The number of benzene rings is 2. The minimum atomic E-state index is 0.0201. The summed E-state index contributed by atoms with van der Waals surface area (Å²) in [6, 6.07) is 20.0. The fourth-order valence-electron chi connectivity index (χ4n) is 4.20. The van der Waals surface area contributed by atoms with E-state index in [0.29, 0.717) is 12.5 Å². The van der Waals surface area contributed by atoms with Gasteiger partial charge in [0.05, 0.1) is 22.5 Å². The Kier molecular flexibility index (Phi) is 4.81. The molecule has 1 amide bonds. The van der Waals surface area contributed by atoms with E-state index in [1.807, 2.05) is 79.3 Å². The van der Waals surface area contributed by atoms with Gasteiger partial charge in [0.2, 0.25) is 0 Å². The second-order valence-electron chi connectivity index (χ2n) is 8.44. The second-order valence-corrected chi connectivity index (χ2v) is 8.44. The molecule has 0 aliphatic heterocycles. The topological polar surface area (TPSA) is 51.0 Å². The van der Waals surface area contributed by atoms with Crippen molar-refractivity contribution in [1.29, 1.82) is 0 Å². The van der Waals surface area contributed by atoms with Crippen LogP contribution in [0.4, 0.5) is 0 Å². The Morgan fingerprint density at radius 3 is 2.52 bits per heavy atom. The van der Waals surface area contributed by atoms with Gasteiger partial charge in [-0.1, -0.05) is 36.4 Å². The van der Waals surface area contributed by atoms with Gasteiger partial charge in [0.25, 0.3) is 5.91 Å². The first-order valence-corrected chi connectivity index (χ1v) is 10.8. The number of fused-ring (bicyclic) bond motifs is 1. The third-order valence-corrected chi connectivity index (χ3v) is 6.15. The van der Waals surface area contributed by atoms with Crippen molar-refractivity contribution >= 4 is 16.8 Å². The molecule has 1 aliphatic carbocycles. The lowest BCUT2D eigenvalue weighted by atomic mass is 10.0. The summed E-state index contributed by atoms with van der Waals surface area (Å²) in [6.07, 6.45) is 2.32. The molecule has 2 heterocycles. The number of rotatable bonds is 5. The summed E-state index contributed by atoms with van der Waals surface area (Å²) in [7, 11) is 1.87. The Labute approximate surface area is 182 Å². The zero-order valence-electron chi connectivity index (χ0n) is 18.2. The van der Waals surface area contributed by atoms with Crippen molar-refractivity contribution in [2.75, 3.05) is 7.05 Å². The summed E-state index contributed by atoms with van der Waals surface area (Å²) in [4.78, 5) is 20.1. The van der Waals surface area contributed by atoms with Gasteiger partial charge in [-0.15, -0.1) is 0 Å². The lowest BCUT2D eigenvalue weighted by molar-refractivity contribution is 0.0786. The minimum Gasteiger partial charge on any atom is -0.337 e. The van der Waals surface area contributed by atoms with E-state index in [9.17, 15) is 4.79 Å². The maximum absolute atomic E-state index is 13.5. The molecule has 5 heteroatoms. The molecule has 0 N–H and O–H groups in total. The lowest BCUT2D eigenvalue weighted by Gasteiger charge is -2.19. The van der Waals surface area contributed by atoms with Crippen molar-refractivity contribution in [3.8, 4) is 5.69 Å². The van der Waals surface area contributed by atoms with Crippen LogP contribution < -0.4 is 0 Å². The smallest absolute Gasteiger partial charge is 0.254 e. The normalized spacial score (nSPS) is 13.5. The number of aromatic nitrogens is 3. The molecule has 0 radical (unpaired) electrons. The Bertz CT molecular complexity index is 1270. The summed E-state index contributed by atoms with van der Waals surface area (Å²) < 4.78 is 1.95.